The lowest BCUT2D eigenvalue weighted by molar-refractivity contribution is 0.108. The molecular formula is C15H19ClN2O2. The van der Waals surface area contributed by atoms with Gasteiger partial charge in [0.05, 0.1) is 30.3 Å². The highest BCUT2D eigenvalue weighted by Gasteiger charge is 2.29. The van der Waals surface area contributed by atoms with Gasteiger partial charge in [-0.2, -0.15) is 0 Å². The maximum atomic E-state index is 5.93. The first-order chi connectivity index (χ1) is 9.74. The summed E-state index contributed by atoms with van der Waals surface area (Å²) in [6.45, 7) is 2.93. The van der Waals surface area contributed by atoms with Crippen molar-refractivity contribution < 1.29 is 9.47 Å². The van der Waals surface area contributed by atoms with E-state index < -0.39 is 0 Å². The van der Waals surface area contributed by atoms with Crippen LogP contribution in [0.2, 0.25) is 0 Å². The van der Waals surface area contributed by atoms with Crippen LogP contribution in [-0.2, 0) is 11.2 Å². The van der Waals surface area contributed by atoms with Gasteiger partial charge in [-0.1, -0.05) is 0 Å². The van der Waals surface area contributed by atoms with E-state index >= 15 is 0 Å². The van der Waals surface area contributed by atoms with Crippen LogP contribution in [0.5, 0.6) is 5.75 Å². The zero-order valence-electron chi connectivity index (χ0n) is 11.8. The Balaban J connectivity index is 2.13. The zero-order valence-corrected chi connectivity index (χ0v) is 12.6. The Morgan fingerprint density at radius 1 is 1.50 bits per heavy atom. The number of alkyl halides is 1. The van der Waals surface area contributed by atoms with Crippen molar-refractivity contribution >= 4 is 22.6 Å². The van der Waals surface area contributed by atoms with Crippen molar-refractivity contribution in [3.05, 3.63) is 24.0 Å². The average Bonchev–Trinajstić information content (AvgIpc) is 3.01. The summed E-state index contributed by atoms with van der Waals surface area (Å²) in [5.74, 6) is 2.43. The van der Waals surface area contributed by atoms with Gasteiger partial charge in [0, 0.05) is 25.0 Å². The average molecular weight is 295 g/mol. The van der Waals surface area contributed by atoms with Crippen molar-refractivity contribution in [2.24, 2.45) is 0 Å². The molecule has 0 N–H and O–H groups in total. The van der Waals surface area contributed by atoms with E-state index in [-0.39, 0.29) is 6.10 Å². The van der Waals surface area contributed by atoms with Crippen molar-refractivity contribution in [3.8, 4) is 5.75 Å². The first kappa shape index (κ1) is 13.7. The van der Waals surface area contributed by atoms with E-state index in [1.54, 1.807) is 7.11 Å². The van der Waals surface area contributed by atoms with Crippen LogP contribution in [0.4, 0.5) is 0 Å². The fraction of sp³-hybridized carbons (Fsp3) is 0.533. The van der Waals surface area contributed by atoms with E-state index in [0.29, 0.717) is 11.9 Å². The molecule has 1 aliphatic heterocycles. The molecule has 0 spiro atoms. The third-order valence-corrected chi connectivity index (χ3v) is 4.14. The number of imidazole rings is 1. The minimum Gasteiger partial charge on any atom is -0.497 e. The largest absolute Gasteiger partial charge is 0.497 e. The molecule has 1 aliphatic rings. The summed E-state index contributed by atoms with van der Waals surface area (Å²) in [4.78, 5) is 4.73. The number of nitrogens with zero attached hydrogens (tertiary/aromatic N) is 2. The summed E-state index contributed by atoms with van der Waals surface area (Å²) in [7, 11) is 1.67. The van der Waals surface area contributed by atoms with E-state index in [9.17, 15) is 0 Å². The van der Waals surface area contributed by atoms with Crippen molar-refractivity contribution in [3.63, 3.8) is 0 Å². The van der Waals surface area contributed by atoms with Crippen molar-refractivity contribution in [2.75, 3.05) is 19.6 Å². The van der Waals surface area contributed by atoms with Gasteiger partial charge in [-0.25, -0.2) is 4.98 Å². The predicted octanol–water partition coefficient (Wildman–Crippen LogP) is 3.18. The van der Waals surface area contributed by atoms with Crippen LogP contribution in [0.1, 0.15) is 25.2 Å². The smallest absolute Gasteiger partial charge is 0.121 e. The summed E-state index contributed by atoms with van der Waals surface area (Å²) in [6.07, 6.45) is 2.00. The number of fused-ring (bicyclic) bond motifs is 1. The van der Waals surface area contributed by atoms with Crippen LogP contribution in [0.25, 0.3) is 11.0 Å². The number of aromatic nitrogens is 2. The van der Waals surface area contributed by atoms with Crippen LogP contribution in [0.3, 0.4) is 0 Å². The number of ether oxygens (including phenoxy) is 2. The minimum atomic E-state index is 0.212. The Hall–Kier alpha value is -1.26. The topological polar surface area (TPSA) is 36.3 Å². The van der Waals surface area contributed by atoms with E-state index in [0.717, 1.165) is 42.1 Å². The van der Waals surface area contributed by atoms with Crippen LogP contribution in [0, 0.1) is 0 Å². The van der Waals surface area contributed by atoms with Crippen LogP contribution in [0.15, 0.2) is 18.2 Å². The molecule has 0 saturated carbocycles. The molecule has 0 bridgehead atoms. The van der Waals surface area contributed by atoms with Crippen LogP contribution < -0.4 is 4.74 Å². The number of methoxy groups -OCH3 is 1. The fourth-order valence-corrected chi connectivity index (χ4v) is 3.11. The van der Waals surface area contributed by atoms with E-state index in [4.69, 9.17) is 26.1 Å². The van der Waals surface area contributed by atoms with Gasteiger partial charge in [-0.15, -0.1) is 11.6 Å². The SMILES string of the molecule is COc1ccc2c(c1)nc(CCCl)n2C1CCOC1C. The van der Waals surface area contributed by atoms with Gasteiger partial charge in [0.25, 0.3) is 0 Å². The lowest BCUT2D eigenvalue weighted by Gasteiger charge is -2.19. The summed E-state index contributed by atoms with van der Waals surface area (Å²) in [6, 6.07) is 6.37. The van der Waals surface area contributed by atoms with Gasteiger partial charge in [-0.3, -0.25) is 0 Å². The highest BCUT2D eigenvalue weighted by atomic mass is 35.5. The van der Waals surface area contributed by atoms with Gasteiger partial charge in [-0.05, 0) is 25.5 Å². The van der Waals surface area contributed by atoms with Gasteiger partial charge < -0.3 is 14.0 Å². The summed E-state index contributed by atoms with van der Waals surface area (Å²) in [5.41, 5.74) is 2.09. The number of hydrogen-bond donors (Lipinski definition) is 0. The highest BCUT2D eigenvalue weighted by molar-refractivity contribution is 6.17. The molecule has 1 fully saturated rings. The maximum absolute atomic E-state index is 5.93. The second kappa shape index (κ2) is 5.62. The number of benzene rings is 1. The number of hydrogen-bond acceptors (Lipinski definition) is 3. The van der Waals surface area contributed by atoms with Gasteiger partial charge >= 0.3 is 0 Å². The molecular weight excluding hydrogens is 276 g/mol. The molecule has 108 valence electrons. The lowest BCUT2D eigenvalue weighted by atomic mass is 10.1. The van der Waals surface area contributed by atoms with Crippen LogP contribution >= 0.6 is 11.6 Å². The summed E-state index contributed by atoms with van der Waals surface area (Å²) < 4.78 is 13.3. The van der Waals surface area contributed by atoms with E-state index in [1.807, 2.05) is 12.1 Å². The summed E-state index contributed by atoms with van der Waals surface area (Å²) >= 11 is 5.93. The number of halogens is 1. The first-order valence-electron chi connectivity index (χ1n) is 6.97. The highest BCUT2D eigenvalue weighted by Crippen LogP contribution is 2.32. The molecule has 4 nitrogen and oxygen atoms in total. The predicted molar refractivity (Wildman–Crippen MR) is 79.8 cm³/mol. The molecule has 0 radical (unpaired) electrons. The molecule has 2 unspecified atom stereocenters. The van der Waals surface area contributed by atoms with Gasteiger partial charge in [0.1, 0.15) is 11.6 Å². The third kappa shape index (κ3) is 2.27. The molecule has 2 aromatic rings. The Morgan fingerprint density at radius 3 is 3.00 bits per heavy atom. The standard InChI is InChI=1S/C15H19ClN2O2/c1-10-13(6-8-20-10)18-14-4-3-11(19-2)9-12(14)17-15(18)5-7-16/h3-4,9-10,13H,5-8H2,1-2H3. The second-order valence-corrected chi connectivity index (χ2v) is 5.50. The normalized spacial score (nSPS) is 22.6. The number of aryl methyl sites for hydroxylation is 1. The molecule has 3 rings (SSSR count). The molecule has 2 heterocycles. The Bertz CT molecular complexity index is 611. The Kier molecular flexibility index (Phi) is 3.85. The second-order valence-electron chi connectivity index (χ2n) is 5.12. The van der Waals surface area contributed by atoms with Gasteiger partial charge in [0.2, 0.25) is 0 Å². The van der Waals surface area contributed by atoms with Gasteiger partial charge in [0.15, 0.2) is 0 Å². The minimum absolute atomic E-state index is 0.212. The molecule has 5 heteroatoms. The maximum Gasteiger partial charge on any atom is 0.121 e. The molecule has 0 amide bonds. The molecule has 1 aromatic carbocycles. The zero-order chi connectivity index (χ0) is 14.1. The number of rotatable bonds is 4. The molecule has 1 aromatic heterocycles. The molecule has 1 saturated heterocycles. The van der Waals surface area contributed by atoms with Crippen molar-refractivity contribution in [1.82, 2.24) is 9.55 Å². The summed E-state index contributed by atoms with van der Waals surface area (Å²) in [5, 5.41) is 0. The van der Waals surface area contributed by atoms with Crippen LogP contribution in [-0.4, -0.2) is 35.3 Å². The van der Waals surface area contributed by atoms with Crippen molar-refractivity contribution in [1.29, 1.82) is 0 Å². The van der Waals surface area contributed by atoms with E-state index in [1.165, 1.54) is 0 Å². The molecule has 2 atom stereocenters. The van der Waals surface area contributed by atoms with Crippen molar-refractivity contribution in [2.45, 2.75) is 31.9 Å². The molecule has 20 heavy (non-hydrogen) atoms. The van der Waals surface area contributed by atoms with E-state index in [2.05, 4.69) is 17.6 Å². The lowest BCUT2D eigenvalue weighted by Crippen LogP contribution is -2.19. The molecule has 0 aliphatic carbocycles. The fourth-order valence-electron chi connectivity index (χ4n) is 2.95. The first-order valence-corrected chi connectivity index (χ1v) is 7.50. The Morgan fingerprint density at radius 2 is 2.35 bits per heavy atom. The quantitative estimate of drug-likeness (QED) is 0.813. The Labute approximate surface area is 123 Å². The monoisotopic (exact) mass is 294 g/mol. The third-order valence-electron chi connectivity index (χ3n) is 3.96.